The molecule has 0 bridgehead atoms. The summed E-state index contributed by atoms with van der Waals surface area (Å²) < 4.78 is 0. The van der Waals surface area contributed by atoms with Crippen LogP contribution >= 0.6 is 0 Å². The maximum absolute atomic E-state index is 12.2. The Labute approximate surface area is 114 Å². The minimum atomic E-state index is -0.907. The molecule has 20 heavy (non-hydrogen) atoms. The second-order valence-corrected chi connectivity index (χ2v) is 4.05. The van der Waals surface area contributed by atoms with Gasteiger partial charge in [-0.25, -0.2) is 0 Å². The molecule has 0 aromatic heterocycles. The number of ketones is 1. The molecule has 2 rings (SSSR count). The van der Waals surface area contributed by atoms with Crippen LogP contribution in [-0.2, 0) is 0 Å². The molecule has 2 N–H and O–H groups in total. The van der Waals surface area contributed by atoms with Crippen molar-refractivity contribution in [2.75, 3.05) is 0 Å². The SMILES string of the molecule is NC(=O)c1ccc(C(=O)c2ccccc2)cc1[N+](=O)[O-]. The summed E-state index contributed by atoms with van der Waals surface area (Å²) in [7, 11) is 0. The van der Waals surface area contributed by atoms with E-state index >= 15 is 0 Å². The van der Waals surface area contributed by atoms with Gasteiger partial charge in [0, 0.05) is 17.2 Å². The Bertz CT molecular complexity index is 696. The summed E-state index contributed by atoms with van der Waals surface area (Å²) in [6, 6.07) is 12.0. The van der Waals surface area contributed by atoms with Crippen molar-refractivity contribution in [1.29, 1.82) is 0 Å². The normalized spacial score (nSPS) is 10.0. The molecular weight excluding hydrogens is 260 g/mol. The summed E-state index contributed by atoms with van der Waals surface area (Å²) in [6.07, 6.45) is 0. The Morgan fingerprint density at radius 1 is 1.00 bits per heavy atom. The lowest BCUT2D eigenvalue weighted by atomic mass is 10.0. The minimum Gasteiger partial charge on any atom is -0.365 e. The van der Waals surface area contributed by atoms with Crippen molar-refractivity contribution >= 4 is 17.4 Å². The fourth-order valence-electron chi connectivity index (χ4n) is 1.79. The molecule has 0 heterocycles. The van der Waals surface area contributed by atoms with E-state index in [0.29, 0.717) is 5.56 Å². The van der Waals surface area contributed by atoms with Crippen molar-refractivity contribution in [1.82, 2.24) is 0 Å². The molecule has 0 radical (unpaired) electrons. The largest absolute Gasteiger partial charge is 0.365 e. The quantitative estimate of drug-likeness (QED) is 0.520. The van der Waals surface area contributed by atoms with E-state index in [1.165, 1.54) is 12.1 Å². The highest BCUT2D eigenvalue weighted by atomic mass is 16.6. The van der Waals surface area contributed by atoms with Gasteiger partial charge in [0.25, 0.3) is 11.6 Å². The summed E-state index contributed by atoms with van der Waals surface area (Å²) >= 11 is 0. The third-order valence-electron chi connectivity index (χ3n) is 2.76. The number of carbonyl (C=O) groups excluding carboxylic acids is 2. The van der Waals surface area contributed by atoms with Gasteiger partial charge in [0.1, 0.15) is 5.56 Å². The van der Waals surface area contributed by atoms with Crippen LogP contribution in [0.3, 0.4) is 0 Å². The van der Waals surface area contributed by atoms with E-state index in [0.717, 1.165) is 6.07 Å². The third-order valence-corrected chi connectivity index (χ3v) is 2.76. The van der Waals surface area contributed by atoms with Crippen LogP contribution in [0.5, 0.6) is 0 Å². The van der Waals surface area contributed by atoms with Gasteiger partial charge in [-0.3, -0.25) is 19.7 Å². The number of rotatable bonds is 4. The molecule has 0 unspecified atom stereocenters. The van der Waals surface area contributed by atoms with Crippen LogP contribution in [0, 0.1) is 10.1 Å². The van der Waals surface area contributed by atoms with Crippen molar-refractivity contribution in [2.24, 2.45) is 5.73 Å². The number of nitrogens with zero attached hydrogens (tertiary/aromatic N) is 1. The highest BCUT2D eigenvalue weighted by Gasteiger charge is 2.21. The maximum atomic E-state index is 12.2. The lowest BCUT2D eigenvalue weighted by Gasteiger charge is -2.03. The lowest BCUT2D eigenvalue weighted by molar-refractivity contribution is -0.385. The molecule has 1 amide bonds. The van der Waals surface area contributed by atoms with E-state index in [2.05, 4.69) is 0 Å². The number of nitro benzene ring substituents is 1. The molecular formula is C14H10N2O4. The average Bonchev–Trinajstić information content (AvgIpc) is 2.46. The number of nitro groups is 1. The van der Waals surface area contributed by atoms with Gasteiger partial charge in [-0.15, -0.1) is 0 Å². The highest BCUT2D eigenvalue weighted by Crippen LogP contribution is 2.21. The summed E-state index contributed by atoms with van der Waals surface area (Å²) in [5, 5.41) is 10.9. The molecule has 6 heteroatoms. The van der Waals surface area contributed by atoms with Crippen LogP contribution in [0.2, 0.25) is 0 Å². The molecule has 0 aliphatic heterocycles. The van der Waals surface area contributed by atoms with E-state index < -0.39 is 16.5 Å². The zero-order chi connectivity index (χ0) is 14.7. The Morgan fingerprint density at radius 2 is 1.65 bits per heavy atom. The van der Waals surface area contributed by atoms with E-state index in [-0.39, 0.29) is 16.9 Å². The molecule has 2 aromatic carbocycles. The number of carbonyl (C=O) groups is 2. The van der Waals surface area contributed by atoms with Crippen molar-refractivity contribution in [3.8, 4) is 0 Å². The number of amides is 1. The van der Waals surface area contributed by atoms with Crippen molar-refractivity contribution in [2.45, 2.75) is 0 Å². The van der Waals surface area contributed by atoms with Crippen LogP contribution in [0.1, 0.15) is 26.3 Å². The molecule has 0 spiro atoms. The monoisotopic (exact) mass is 270 g/mol. The molecule has 2 aromatic rings. The van der Waals surface area contributed by atoms with E-state index in [9.17, 15) is 19.7 Å². The van der Waals surface area contributed by atoms with Gasteiger partial charge in [-0.2, -0.15) is 0 Å². The van der Waals surface area contributed by atoms with Gasteiger partial charge in [-0.05, 0) is 12.1 Å². The summed E-state index contributed by atoms with van der Waals surface area (Å²) in [5.41, 5.74) is 4.91. The summed E-state index contributed by atoms with van der Waals surface area (Å²) in [4.78, 5) is 33.5. The molecule has 0 saturated carbocycles. The number of hydrogen-bond donors (Lipinski definition) is 1. The minimum absolute atomic E-state index is 0.132. The highest BCUT2D eigenvalue weighted by molar-refractivity contribution is 6.10. The Hall–Kier alpha value is -3.02. The predicted molar refractivity (Wildman–Crippen MR) is 71.5 cm³/mol. The molecule has 0 aliphatic carbocycles. The Kier molecular flexibility index (Phi) is 3.56. The standard InChI is InChI=1S/C14H10N2O4/c15-14(18)11-7-6-10(8-12(11)16(19)20)13(17)9-4-2-1-3-5-9/h1-8H,(H2,15,18). The van der Waals surface area contributed by atoms with E-state index in [4.69, 9.17) is 5.73 Å². The molecule has 0 aliphatic rings. The zero-order valence-corrected chi connectivity index (χ0v) is 10.3. The third kappa shape index (κ3) is 2.54. The van der Waals surface area contributed by atoms with Crippen LogP contribution in [0.4, 0.5) is 5.69 Å². The average molecular weight is 270 g/mol. The Morgan fingerprint density at radius 3 is 2.20 bits per heavy atom. The number of benzene rings is 2. The molecule has 100 valence electrons. The number of hydrogen-bond acceptors (Lipinski definition) is 4. The van der Waals surface area contributed by atoms with Gasteiger partial charge < -0.3 is 5.73 Å². The second kappa shape index (κ2) is 5.31. The van der Waals surface area contributed by atoms with Crippen LogP contribution in [0.15, 0.2) is 48.5 Å². The van der Waals surface area contributed by atoms with Gasteiger partial charge >= 0.3 is 0 Å². The lowest BCUT2D eigenvalue weighted by Crippen LogP contribution is -2.14. The first-order valence-electron chi connectivity index (χ1n) is 5.68. The molecule has 0 saturated heterocycles. The fourth-order valence-corrected chi connectivity index (χ4v) is 1.79. The predicted octanol–water partition coefficient (Wildman–Crippen LogP) is 1.92. The van der Waals surface area contributed by atoms with E-state index in [1.54, 1.807) is 30.3 Å². The van der Waals surface area contributed by atoms with Crippen LogP contribution < -0.4 is 5.73 Å². The van der Waals surface area contributed by atoms with Crippen molar-refractivity contribution in [3.05, 3.63) is 75.3 Å². The maximum Gasteiger partial charge on any atom is 0.282 e. The van der Waals surface area contributed by atoms with Gasteiger partial charge in [-0.1, -0.05) is 30.3 Å². The van der Waals surface area contributed by atoms with Gasteiger partial charge in [0.05, 0.1) is 4.92 Å². The smallest absolute Gasteiger partial charge is 0.282 e. The summed E-state index contributed by atoms with van der Waals surface area (Å²) in [5.74, 6) is -1.26. The topological polar surface area (TPSA) is 103 Å². The van der Waals surface area contributed by atoms with Crippen LogP contribution in [0.25, 0.3) is 0 Å². The van der Waals surface area contributed by atoms with E-state index in [1.807, 2.05) is 0 Å². The second-order valence-electron chi connectivity index (χ2n) is 4.05. The number of nitrogens with two attached hydrogens (primary N) is 1. The molecule has 0 fully saturated rings. The molecule has 6 nitrogen and oxygen atoms in total. The van der Waals surface area contributed by atoms with Gasteiger partial charge in [0.15, 0.2) is 5.78 Å². The number of primary amides is 1. The van der Waals surface area contributed by atoms with Crippen molar-refractivity contribution in [3.63, 3.8) is 0 Å². The molecule has 0 atom stereocenters. The van der Waals surface area contributed by atoms with Crippen LogP contribution in [-0.4, -0.2) is 16.6 Å². The Balaban J connectivity index is 2.49. The first-order valence-corrected chi connectivity index (χ1v) is 5.68. The van der Waals surface area contributed by atoms with Gasteiger partial charge in [0.2, 0.25) is 0 Å². The first kappa shape index (κ1) is 13.4. The fraction of sp³-hybridized carbons (Fsp3) is 0. The first-order chi connectivity index (χ1) is 9.50. The zero-order valence-electron chi connectivity index (χ0n) is 10.3. The summed E-state index contributed by atoms with van der Waals surface area (Å²) in [6.45, 7) is 0. The van der Waals surface area contributed by atoms with Crippen molar-refractivity contribution < 1.29 is 14.5 Å².